The van der Waals surface area contributed by atoms with Crippen molar-refractivity contribution in [3.8, 4) is 0 Å². The highest BCUT2D eigenvalue weighted by molar-refractivity contribution is 4.85. The predicted molar refractivity (Wildman–Crippen MR) is 47.1 cm³/mol. The van der Waals surface area contributed by atoms with Gasteiger partial charge >= 0.3 is 0 Å². The van der Waals surface area contributed by atoms with Gasteiger partial charge in [0.05, 0.1) is 0 Å². The fraction of sp³-hybridized carbons (Fsp3) is 0.556. The maximum atomic E-state index is 2.25. The predicted octanol–water partition coefficient (Wildman–Crippen LogP) is 2.07. The maximum Gasteiger partial charge on any atom is 0.0163 e. The molecule has 0 aliphatic carbocycles. The van der Waals surface area contributed by atoms with Crippen molar-refractivity contribution < 1.29 is 0 Å². The molecule has 0 unspecified atom stereocenters. The number of hydrogen-bond acceptors (Lipinski definition) is 1. The lowest BCUT2D eigenvalue weighted by Gasteiger charge is -2.09. The molecule has 0 atom stereocenters. The molecular weight excluding hydrogens is 122 g/mol. The van der Waals surface area contributed by atoms with Gasteiger partial charge in [0.25, 0.3) is 0 Å². The average Bonchev–Trinajstić information content (AvgIpc) is 1.97. The van der Waals surface area contributed by atoms with E-state index in [4.69, 9.17) is 0 Å². The molecule has 0 radical (unpaired) electrons. The minimum absolute atomic E-state index is 1.04. The molecule has 0 fully saturated rings. The lowest BCUT2D eigenvalue weighted by atomic mass is 10.4. The third-order valence-electron chi connectivity index (χ3n) is 1.31. The standard InChI is InChI=1S/C9H17N/c1-4-6-8-10(3)9-7-5-2/h4-7H,8-9H2,1-3H3. The molecule has 0 aromatic rings. The Kier molecular flexibility index (Phi) is 6.19. The van der Waals surface area contributed by atoms with Crippen LogP contribution in [0.25, 0.3) is 0 Å². The van der Waals surface area contributed by atoms with Crippen molar-refractivity contribution >= 4 is 0 Å². The van der Waals surface area contributed by atoms with Gasteiger partial charge in [-0.25, -0.2) is 0 Å². The Balaban J connectivity index is 3.33. The molecule has 0 spiro atoms. The Morgan fingerprint density at radius 2 is 1.40 bits per heavy atom. The third kappa shape index (κ3) is 5.57. The lowest BCUT2D eigenvalue weighted by Crippen LogP contribution is -2.17. The Morgan fingerprint density at radius 1 is 1.00 bits per heavy atom. The van der Waals surface area contributed by atoms with E-state index in [2.05, 4.69) is 36.3 Å². The normalized spacial score (nSPS) is 12.4. The van der Waals surface area contributed by atoms with Crippen molar-refractivity contribution in [3.05, 3.63) is 24.3 Å². The Hall–Kier alpha value is -0.560. The van der Waals surface area contributed by atoms with Crippen LogP contribution in [0.3, 0.4) is 0 Å². The summed E-state index contributed by atoms with van der Waals surface area (Å²) in [5.74, 6) is 0. The van der Waals surface area contributed by atoms with Gasteiger partial charge in [0.15, 0.2) is 0 Å². The number of allylic oxidation sites excluding steroid dienone is 2. The van der Waals surface area contributed by atoms with Crippen LogP contribution in [-0.4, -0.2) is 25.0 Å². The second-order valence-electron chi connectivity index (χ2n) is 2.36. The molecule has 0 aromatic carbocycles. The molecule has 1 nitrogen and oxygen atoms in total. The summed E-state index contributed by atoms with van der Waals surface area (Å²) in [6.45, 7) is 6.18. The monoisotopic (exact) mass is 139 g/mol. The second-order valence-corrected chi connectivity index (χ2v) is 2.36. The molecular formula is C9H17N. The van der Waals surface area contributed by atoms with Crippen LogP contribution in [0.5, 0.6) is 0 Å². The van der Waals surface area contributed by atoms with E-state index >= 15 is 0 Å². The van der Waals surface area contributed by atoms with Crippen molar-refractivity contribution in [1.29, 1.82) is 0 Å². The first-order chi connectivity index (χ1) is 4.81. The van der Waals surface area contributed by atoms with Crippen LogP contribution in [-0.2, 0) is 0 Å². The molecule has 0 saturated carbocycles. The molecule has 0 rings (SSSR count). The van der Waals surface area contributed by atoms with Crippen molar-refractivity contribution in [2.24, 2.45) is 0 Å². The molecule has 0 aliphatic rings. The maximum absolute atomic E-state index is 2.25. The van der Waals surface area contributed by atoms with E-state index in [9.17, 15) is 0 Å². The van der Waals surface area contributed by atoms with E-state index < -0.39 is 0 Å². The SMILES string of the molecule is CC=CCN(C)CC=CC. The molecule has 0 saturated heterocycles. The molecule has 0 bridgehead atoms. The van der Waals surface area contributed by atoms with Gasteiger partial charge in [0, 0.05) is 13.1 Å². The van der Waals surface area contributed by atoms with Crippen LogP contribution in [0.2, 0.25) is 0 Å². The van der Waals surface area contributed by atoms with Gasteiger partial charge in [-0.05, 0) is 20.9 Å². The second kappa shape index (κ2) is 6.56. The van der Waals surface area contributed by atoms with Crippen molar-refractivity contribution in [3.63, 3.8) is 0 Å². The van der Waals surface area contributed by atoms with Crippen LogP contribution >= 0.6 is 0 Å². The summed E-state index contributed by atoms with van der Waals surface area (Å²) >= 11 is 0. The molecule has 1 heteroatoms. The lowest BCUT2D eigenvalue weighted by molar-refractivity contribution is 0.412. The minimum atomic E-state index is 1.04. The van der Waals surface area contributed by atoms with Crippen LogP contribution in [0.15, 0.2) is 24.3 Å². The fourth-order valence-electron chi connectivity index (χ4n) is 0.645. The van der Waals surface area contributed by atoms with E-state index in [1.807, 2.05) is 13.8 Å². The number of likely N-dealkylation sites (N-methyl/N-ethyl adjacent to an activating group) is 1. The van der Waals surface area contributed by atoms with Gasteiger partial charge in [-0.2, -0.15) is 0 Å². The summed E-state index contributed by atoms with van der Waals surface area (Å²) in [6.07, 6.45) is 8.46. The Morgan fingerprint density at radius 3 is 1.70 bits per heavy atom. The smallest absolute Gasteiger partial charge is 0.0163 e. The molecule has 0 aromatic heterocycles. The van der Waals surface area contributed by atoms with E-state index in [1.165, 1.54) is 0 Å². The van der Waals surface area contributed by atoms with Crippen molar-refractivity contribution in [2.45, 2.75) is 13.8 Å². The van der Waals surface area contributed by atoms with Gasteiger partial charge in [-0.1, -0.05) is 24.3 Å². The average molecular weight is 139 g/mol. The van der Waals surface area contributed by atoms with Gasteiger partial charge in [0.2, 0.25) is 0 Å². The van der Waals surface area contributed by atoms with E-state index in [0.29, 0.717) is 0 Å². The van der Waals surface area contributed by atoms with E-state index in [1.54, 1.807) is 0 Å². The molecule has 0 heterocycles. The largest absolute Gasteiger partial charge is 0.299 e. The topological polar surface area (TPSA) is 3.24 Å². The summed E-state index contributed by atoms with van der Waals surface area (Å²) in [7, 11) is 2.11. The highest BCUT2D eigenvalue weighted by Gasteiger charge is 1.87. The van der Waals surface area contributed by atoms with Crippen molar-refractivity contribution in [1.82, 2.24) is 4.90 Å². The zero-order valence-electron chi connectivity index (χ0n) is 7.17. The first-order valence-electron chi connectivity index (χ1n) is 3.72. The summed E-state index contributed by atoms with van der Waals surface area (Å²) in [5, 5.41) is 0. The summed E-state index contributed by atoms with van der Waals surface area (Å²) in [4.78, 5) is 2.25. The minimum Gasteiger partial charge on any atom is -0.299 e. The zero-order valence-corrected chi connectivity index (χ0v) is 7.17. The first kappa shape index (κ1) is 9.44. The quantitative estimate of drug-likeness (QED) is 0.539. The number of rotatable bonds is 4. The summed E-state index contributed by atoms with van der Waals surface area (Å²) < 4.78 is 0. The number of hydrogen-bond donors (Lipinski definition) is 0. The highest BCUT2D eigenvalue weighted by atomic mass is 15.1. The van der Waals surface area contributed by atoms with Crippen LogP contribution < -0.4 is 0 Å². The van der Waals surface area contributed by atoms with Gasteiger partial charge in [-0.3, -0.25) is 4.90 Å². The van der Waals surface area contributed by atoms with Gasteiger partial charge < -0.3 is 0 Å². The molecule has 58 valence electrons. The summed E-state index contributed by atoms with van der Waals surface area (Å²) in [5.41, 5.74) is 0. The molecule has 10 heavy (non-hydrogen) atoms. The van der Waals surface area contributed by atoms with E-state index in [-0.39, 0.29) is 0 Å². The van der Waals surface area contributed by atoms with Crippen LogP contribution in [0, 0.1) is 0 Å². The number of nitrogens with zero attached hydrogens (tertiary/aromatic N) is 1. The van der Waals surface area contributed by atoms with Gasteiger partial charge in [0.1, 0.15) is 0 Å². The van der Waals surface area contributed by atoms with Crippen LogP contribution in [0.4, 0.5) is 0 Å². The van der Waals surface area contributed by atoms with Crippen molar-refractivity contribution in [2.75, 3.05) is 20.1 Å². The first-order valence-corrected chi connectivity index (χ1v) is 3.72. The Bertz CT molecular complexity index is 99.9. The highest BCUT2D eigenvalue weighted by Crippen LogP contribution is 1.84. The van der Waals surface area contributed by atoms with E-state index in [0.717, 1.165) is 13.1 Å². The third-order valence-corrected chi connectivity index (χ3v) is 1.31. The molecule has 0 aliphatic heterocycles. The summed E-state index contributed by atoms with van der Waals surface area (Å²) in [6, 6.07) is 0. The zero-order chi connectivity index (χ0) is 7.82. The van der Waals surface area contributed by atoms with Gasteiger partial charge in [-0.15, -0.1) is 0 Å². The molecule has 0 amide bonds. The Labute approximate surface area is 64.0 Å². The fourth-order valence-corrected chi connectivity index (χ4v) is 0.645. The van der Waals surface area contributed by atoms with Crippen LogP contribution in [0.1, 0.15) is 13.8 Å². The molecule has 0 N–H and O–H groups in total.